The van der Waals surface area contributed by atoms with Crippen molar-refractivity contribution in [3.8, 4) is 0 Å². The first-order chi connectivity index (χ1) is 5.58. The molecule has 0 unspecified atom stereocenters. The molecule has 0 amide bonds. The van der Waals surface area contributed by atoms with E-state index in [9.17, 15) is 9.36 Å². The Morgan fingerprint density at radius 3 is 1.75 bits per heavy atom. The molecule has 0 aliphatic heterocycles. The van der Waals surface area contributed by atoms with E-state index in [4.69, 9.17) is 0 Å². The van der Waals surface area contributed by atoms with Gasteiger partial charge in [0.15, 0.2) is 0 Å². The molecule has 0 aliphatic rings. The Kier molecular flexibility index (Phi) is 12.5. The van der Waals surface area contributed by atoms with Crippen molar-refractivity contribution in [2.75, 3.05) is 20.8 Å². The minimum Gasteiger partial charge on any atom is -0.466 e. The third-order valence-corrected chi connectivity index (χ3v) is 1.35. The Morgan fingerprint density at radius 1 is 1.33 bits per heavy atom. The summed E-state index contributed by atoms with van der Waals surface area (Å²) in [7, 11) is 0.558. The summed E-state index contributed by atoms with van der Waals surface area (Å²) in [5.41, 5.74) is 0. The lowest BCUT2D eigenvalue weighted by molar-refractivity contribution is -0.140. The predicted molar refractivity (Wildman–Crippen MR) is 45.3 cm³/mol. The molecule has 0 spiro atoms. The summed E-state index contributed by atoms with van der Waals surface area (Å²) in [6.45, 7) is 3.65. The van der Waals surface area contributed by atoms with E-state index in [0.717, 1.165) is 0 Å². The molecule has 74 valence electrons. The Bertz CT molecular complexity index is 130. The standard InChI is InChI=1S/C4H8O2.C2H7O3P/c1-3-6-4(2)5;1-4-6(3)5-2/h3H2,1-2H3;6H,1-2H3. The molecule has 6 heteroatoms. The highest BCUT2D eigenvalue weighted by molar-refractivity contribution is 7.33. The van der Waals surface area contributed by atoms with Gasteiger partial charge in [0.05, 0.1) is 6.61 Å². The molecule has 12 heavy (non-hydrogen) atoms. The van der Waals surface area contributed by atoms with Crippen molar-refractivity contribution in [2.24, 2.45) is 0 Å². The van der Waals surface area contributed by atoms with Crippen molar-refractivity contribution in [1.29, 1.82) is 0 Å². The maximum atomic E-state index is 9.92. The zero-order valence-electron chi connectivity index (χ0n) is 7.75. The van der Waals surface area contributed by atoms with E-state index in [1.54, 1.807) is 6.92 Å². The zero-order valence-corrected chi connectivity index (χ0v) is 8.75. The lowest BCUT2D eigenvalue weighted by Gasteiger charge is -1.89. The van der Waals surface area contributed by atoms with Crippen LogP contribution < -0.4 is 0 Å². The summed E-state index contributed by atoms with van der Waals surface area (Å²) in [6.07, 6.45) is 0. The van der Waals surface area contributed by atoms with Gasteiger partial charge in [-0.1, -0.05) is 0 Å². The van der Waals surface area contributed by atoms with Crippen LogP contribution in [0.15, 0.2) is 0 Å². The van der Waals surface area contributed by atoms with Gasteiger partial charge >= 0.3 is 14.2 Å². The van der Waals surface area contributed by atoms with Gasteiger partial charge in [0.2, 0.25) is 0 Å². The molecule has 0 aromatic carbocycles. The quantitative estimate of drug-likeness (QED) is 0.504. The normalized spacial score (nSPS) is 8.75. The molecule has 0 atom stereocenters. The Morgan fingerprint density at radius 2 is 1.75 bits per heavy atom. The van der Waals surface area contributed by atoms with E-state index in [2.05, 4.69) is 13.8 Å². The van der Waals surface area contributed by atoms with Crippen molar-refractivity contribution < 1.29 is 23.1 Å². The zero-order chi connectivity index (χ0) is 9.98. The van der Waals surface area contributed by atoms with Gasteiger partial charge in [0.1, 0.15) is 0 Å². The second-order valence-electron chi connectivity index (χ2n) is 1.58. The van der Waals surface area contributed by atoms with Crippen molar-refractivity contribution >= 4 is 14.2 Å². The Hall–Kier alpha value is -0.380. The average Bonchev–Trinajstić information content (AvgIpc) is 2.04. The molecule has 0 aromatic heterocycles. The molecule has 5 nitrogen and oxygen atoms in total. The number of esters is 1. The molecular weight excluding hydrogens is 183 g/mol. The van der Waals surface area contributed by atoms with Crippen molar-refractivity contribution in [3.63, 3.8) is 0 Å². The summed E-state index contributed by atoms with van der Waals surface area (Å²) in [4.78, 5) is 9.82. The summed E-state index contributed by atoms with van der Waals surface area (Å²) in [5, 5.41) is 0. The van der Waals surface area contributed by atoms with E-state index in [1.165, 1.54) is 21.1 Å². The molecule has 0 fully saturated rings. The minimum absolute atomic E-state index is 0.211. The van der Waals surface area contributed by atoms with Crippen LogP contribution in [-0.4, -0.2) is 26.8 Å². The van der Waals surface area contributed by atoms with Crippen LogP contribution in [0.4, 0.5) is 0 Å². The molecular formula is C6H15O5P. The molecule has 0 bridgehead atoms. The monoisotopic (exact) mass is 198 g/mol. The number of carbonyl (C=O) groups is 1. The van der Waals surface area contributed by atoms with Gasteiger partial charge in [0.25, 0.3) is 0 Å². The molecule has 0 rings (SSSR count). The first kappa shape index (κ1) is 14.2. The van der Waals surface area contributed by atoms with Crippen LogP contribution in [0, 0.1) is 0 Å². The van der Waals surface area contributed by atoms with E-state index >= 15 is 0 Å². The van der Waals surface area contributed by atoms with Crippen LogP contribution in [0.25, 0.3) is 0 Å². The first-order valence-corrected chi connectivity index (χ1v) is 4.56. The van der Waals surface area contributed by atoms with Gasteiger partial charge in [-0.15, -0.1) is 0 Å². The maximum absolute atomic E-state index is 9.92. The number of ether oxygens (including phenoxy) is 1. The van der Waals surface area contributed by atoms with Gasteiger partial charge in [-0.3, -0.25) is 9.36 Å². The highest BCUT2D eigenvalue weighted by Crippen LogP contribution is 2.18. The Labute approximate surface area is 72.9 Å². The van der Waals surface area contributed by atoms with E-state index in [-0.39, 0.29) is 5.97 Å². The number of rotatable bonds is 3. The number of hydrogen-bond acceptors (Lipinski definition) is 5. The largest absolute Gasteiger partial charge is 0.466 e. The van der Waals surface area contributed by atoms with Gasteiger partial charge in [-0.05, 0) is 6.92 Å². The lowest BCUT2D eigenvalue weighted by Crippen LogP contribution is -1.95. The number of carbonyl (C=O) groups excluding carboxylic acids is 1. The van der Waals surface area contributed by atoms with Crippen LogP contribution in [0.2, 0.25) is 0 Å². The summed E-state index contributed by atoms with van der Waals surface area (Å²) in [6, 6.07) is 0. The number of hydrogen-bond donors (Lipinski definition) is 0. The van der Waals surface area contributed by atoms with Crippen LogP contribution in [0.3, 0.4) is 0 Å². The summed E-state index contributed by atoms with van der Waals surface area (Å²) >= 11 is 0. The van der Waals surface area contributed by atoms with Crippen LogP contribution in [0.1, 0.15) is 13.8 Å². The smallest absolute Gasteiger partial charge is 0.318 e. The fraction of sp³-hybridized carbons (Fsp3) is 0.833. The third kappa shape index (κ3) is 16.3. The first-order valence-electron chi connectivity index (χ1n) is 3.33. The van der Waals surface area contributed by atoms with Gasteiger partial charge in [-0.25, -0.2) is 0 Å². The van der Waals surface area contributed by atoms with Crippen LogP contribution in [0.5, 0.6) is 0 Å². The predicted octanol–water partition coefficient (Wildman–Crippen LogP) is 1.24. The van der Waals surface area contributed by atoms with E-state index < -0.39 is 8.25 Å². The fourth-order valence-corrected chi connectivity index (χ4v) is 0.453. The van der Waals surface area contributed by atoms with Crippen molar-refractivity contribution in [3.05, 3.63) is 0 Å². The molecule has 0 radical (unpaired) electrons. The van der Waals surface area contributed by atoms with Crippen LogP contribution in [-0.2, 0) is 23.1 Å². The molecule has 0 saturated heterocycles. The van der Waals surface area contributed by atoms with Gasteiger partial charge in [0, 0.05) is 21.1 Å². The molecule has 0 aliphatic carbocycles. The van der Waals surface area contributed by atoms with E-state index in [0.29, 0.717) is 6.61 Å². The second-order valence-corrected chi connectivity index (χ2v) is 2.90. The highest BCUT2D eigenvalue weighted by Gasteiger charge is 1.83. The van der Waals surface area contributed by atoms with Crippen LogP contribution >= 0.6 is 8.25 Å². The second kappa shape index (κ2) is 10.6. The topological polar surface area (TPSA) is 61.8 Å². The third-order valence-electron chi connectivity index (χ3n) is 0.681. The SMILES string of the molecule is CCOC(C)=O.CO[PH](=O)OC. The highest BCUT2D eigenvalue weighted by atomic mass is 31.1. The van der Waals surface area contributed by atoms with Gasteiger partial charge < -0.3 is 13.8 Å². The summed E-state index contributed by atoms with van der Waals surface area (Å²) < 4.78 is 22.8. The average molecular weight is 198 g/mol. The van der Waals surface area contributed by atoms with E-state index in [1.807, 2.05) is 0 Å². The maximum Gasteiger partial charge on any atom is 0.318 e. The fourth-order valence-electron chi connectivity index (χ4n) is 0.287. The van der Waals surface area contributed by atoms with Crippen molar-refractivity contribution in [2.45, 2.75) is 13.8 Å². The molecule has 0 aromatic rings. The molecule has 0 saturated carbocycles. The van der Waals surface area contributed by atoms with Crippen molar-refractivity contribution in [1.82, 2.24) is 0 Å². The summed E-state index contributed by atoms with van der Waals surface area (Å²) in [5.74, 6) is -0.211. The Balaban J connectivity index is 0. The lowest BCUT2D eigenvalue weighted by atomic mass is 10.8. The molecule has 0 heterocycles. The molecule has 0 N–H and O–H groups in total. The van der Waals surface area contributed by atoms with Gasteiger partial charge in [-0.2, -0.15) is 0 Å². The minimum atomic E-state index is -2.12.